The lowest BCUT2D eigenvalue weighted by Crippen LogP contribution is -2.12. The highest BCUT2D eigenvalue weighted by Gasteiger charge is 2.14. The quantitative estimate of drug-likeness (QED) is 0.651. The highest BCUT2D eigenvalue weighted by atomic mass is 19.1. The summed E-state index contributed by atoms with van der Waals surface area (Å²) in [7, 11) is 0. The lowest BCUT2D eigenvalue weighted by atomic mass is 10.1. The molecule has 3 heteroatoms. The maximum absolute atomic E-state index is 13.0. The predicted octanol–water partition coefficient (Wildman–Crippen LogP) is 2.52. The molecule has 1 unspecified atom stereocenters. The van der Waals surface area contributed by atoms with Gasteiger partial charge in [-0.2, -0.15) is 0 Å². The molecule has 1 aromatic carbocycles. The third-order valence-corrected chi connectivity index (χ3v) is 2.31. The average Bonchev–Trinajstić information content (AvgIpc) is 2.29. The van der Waals surface area contributed by atoms with E-state index in [1.165, 1.54) is 12.1 Å². The van der Waals surface area contributed by atoms with Crippen LogP contribution in [-0.2, 0) is 6.42 Å². The Morgan fingerprint density at radius 2 is 2.23 bits per heavy atom. The monoisotopic (exact) mass is 183 g/mol. The normalized spacial score (nSPS) is 21.5. The fraction of sp³-hybridized carbons (Fsp3) is 0.400. The Morgan fingerprint density at radius 3 is 3.08 bits per heavy atom. The molecule has 1 nitrogen and oxygen atoms in total. The van der Waals surface area contributed by atoms with Crippen molar-refractivity contribution in [2.24, 2.45) is 0 Å². The number of hydrogen-bond acceptors (Lipinski definition) is 1. The zero-order valence-electron chi connectivity index (χ0n) is 7.19. The second-order valence-corrected chi connectivity index (χ2v) is 3.32. The SMILES string of the molecule is Fc1ccc2c(c1)NCC(F)CC2. The first-order valence-corrected chi connectivity index (χ1v) is 4.42. The number of anilines is 1. The molecular weight excluding hydrogens is 172 g/mol. The molecule has 2 rings (SSSR count). The van der Waals surface area contributed by atoms with E-state index in [9.17, 15) is 8.78 Å². The van der Waals surface area contributed by atoms with Gasteiger partial charge in [0.1, 0.15) is 12.0 Å². The third kappa shape index (κ3) is 1.79. The van der Waals surface area contributed by atoms with Crippen molar-refractivity contribution in [3.63, 3.8) is 0 Å². The molecular formula is C10H11F2N. The minimum atomic E-state index is -0.824. The van der Waals surface area contributed by atoms with Crippen LogP contribution < -0.4 is 5.32 Å². The Hall–Kier alpha value is -1.12. The molecule has 1 aliphatic heterocycles. The van der Waals surface area contributed by atoms with Crippen molar-refractivity contribution in [2.75, 3.05) is 11.9 Å². The first-order chi connectivity index (χ1) is 6.25. The van der Waals surface area contributed by atoms with Gasteiger partial charge in [-0.25, -0.2) is 8.78 Å². The molecule has 1 atom stereocenters. The molecule has 0 spiro atoms. The van der Waals surface area contributed by atoms with E-state index in [0.717, 1.165) is 11.3 Å². The van der Waals surface area contributed by atoms with E-state index in [2.05, 4.69) is 5.32 Å². The average molecular weight is 183 g/mol. The van der Waals surface area contributed by atoms with E-state index < -0.39 is 6.17 Å². The maximum Gasteiger partial charge on any atom is 0.125 e. The standard InChI is InChI=1S/C10H11F2N/c11-8-3-1-7-2-4-9(12)6-13-10(7)5-8/h1,3,5,9,13H,2,4,6H2. The van der Waals surface area contributed by atoms with Crippen LogP contribution in [0.1, 0.15) is 12.0 Å². The van der Waals surface area contributed by atoms with Crippen molar-refractivity contribution in [2.45, 2.75) is 19.0 Å². The molecule has 1 heterocycles. The van der Waals surface area contributed by atoms with Crippen LogP contribution in [0.3, 0.4) is 0 Å². The number of fused-ring (bicyclic) bond motifs is 1. The van der Waals surface area contributed by atoms with Crippen LogP contribution in [0.5, 0.6) is 0 Å². The molecule has 1 aromatic rings. The highest BCUT2D eigenvalue weighted by molar-refractivity contribution is 5.52. The summed E-state index contributed by atoms with van der Waals surface area (Å²) in [4.78, 5) is 0. The van der Waals surface area contributed by atoms with Gasteiger partial charge in [0.25, 0.3) is 0 Å². The lowest BCUT2D eigenvalue weighted by Gasteiger charge is -2.06. The molecule has 13 heavy (non-hydrogen) atoms. The number of nitrogens with one attached hydrogen (secondary N) is 1. The summed E-state index contributed by atoms with van der Waals surface area (Å²) in [5.41, 5.74) is 1.74. The van der Waals surface area contributed by atoms with Crippen molar-refractivity contribution >= 4 is 5.69 Å². The van der Waals surface area contributed by atoms with Crippen molar-refractivity contribution in [1.29, 1.82) is 0 Å². The largest absolute Gasteiger partial charge is 0.382 e. The number of alkyl halides is 1. The van der Waals surface area contributed by atoms with E-state index >= 15 is 0 Å². The van der Waals surface area contributed by atoms with Gasteiger partial charge in [0, 0.05) is 12.2 Å². The topological polar surface area (TPSA) is 12.0 Å². The molecule has 0 radical (unpaired) electrons. The van der Waals surface area contributed by atoms with Crippen LogP contribution in [0, 0.1) is 5.82 Å². The molecule has 0 aliphatic carbocycles. The van der Waals surface area contributed by atoms with E-state index in [0.29, 0.717) is 12.8 Å². The second kappa shape index (κ2) is 3.32. The molecule has 0 saturated carbocycles. The van der Waals surface area contributed by atoms with E-state index in [-0.39, 0.29) is 12.4 Å². The minimum Gasteiger partial charge on any atom is -0.382 e. The van der Waals surface area contributed by atoms with Crippen LogP contribution in [0.2, 0.25) is 0 Å². The Labute approximate surface area is 75.8 Å². The maximum atomic E-state index is 13.0. The van der Waals surface area contributed by atoms with Gasteiger partial charge in [-0.1, -0.05) is 6.07 Å². The number of hydrogen-bond donors (Lipinski definition) is 1. The first kappa shape index (κ1) is 8.48. The Morgan fingerprint density at radius 1 is 1.38 bits per heavy atom. The Balaban J connectivity index is 2.30. The second-order valence-electron chi connectivity index (χ2n) is 3.32. The smallest absolute Gasteiger partial charge is 0.125 e. The fourth-order valence-corrected chi connectivity index (χ4v) is 1.57. The molecule has 1 aliphatic rings. The van der Waals surface area contributed by atoms with Crippen LogP contribution in [0.25, 0.3) is 0 Å². The van der Waals surface area contributed by atoms with Gasteiger partial charge in [-0.3, -0.25) is 0 Å². The summed E-state index contributed by atoms with van der Waals surface area (Å²) in [6.07, 6.45) is 0.380. The molecule has 0 fully saturated rings. The van der Waals surface area contributed by atoms with Crippen LogP contribution in [0.4, 0.5) is 14.5 Å². The third-order valence-electron chi connectivity index (χ3n) is 2.31. The molecule has 1 N–H and O–H groups in total. The predicted molar refractivity (Wildman–Crippen MR) is 48.1 cm³/mol. The summed E-state index contributed by atoms with van der Waals surface area (Å²) in [5.74, 6) is -0.274. The number of halogens is 2. The Kier molecular flexibility index (Phi) is 2.17. The summed E-state index contributed by atoms with van der Waals surface area (Å²) in [5, 5.41) is 2.90. The van der Waals surface area contributed by atoms with Gasteiger partial charge in [-0.05, 0) is 30.5 Å². The lowest BCUT2D eigenvalue weighted by molar-refractivity contribution is 0.333. The molecule has 0 amide bonds. The summed E-state index contributed by atoms with van der Waals surface area (Å²) >= 11 is 0. The van der Waals surface area contributed by atoms with Crippen LogP contribution in [-0.4, -0.2) is 12.7 Å². The van der Waals surface area contributed by atoms with Gasteiger partial charge in [0.15, 0.2) is 0 Å². The highest BCUT2D eigenvalue weighted by Crippen LogP contribution is 2.23. The first-order valence-electron chi connectivity index (χ1n) is 4.42. The van der Waals surface area contributed by atoms with Gasteiger partial charge in [0.05, 0.1) is 0 Å². The summed E-state index contributed by atoms with van der Waals surface area (Å²) in [6.45, 7) is 0.288. The van der Waals surface area contributed by atoms with Crippen molar-refractivity contribution in [1.82, 2.24) is 0 Å². The van der Waals surface area contributed by atoms with E-state index in [1.807, 2.05) is 0 Å². The minimum absolute atomic E-state index is 0.274. The summed E-state index contributed by atoms with van der Waals surface area (Å²) < 4.78 is 25.7. The molecule has 0 saturated heterocycles. The zero-order chi connectivity index (χ0) is 9.26. The van der Waals surface area contributed by atoms with Gasteiger partial charge in [0.2, 0.25) is 0 Å². The molecule has 0 aromatic heterocycles. The van der Waals surface area contributed by atoms with Crippen molar-refractivity contribution in [3.05, 3.63) is 29.6 Å². The number of benzene rings is 1. The van der Waals surface area contributed by atoms with Crippen molar-refractivity contribution < 1.29 is 8.78 Å². The molecule has 70 valence electrons. The van der Waals surface area contributed by atoms with Gasteiger partial charge < -0.3 is 5.32 Å². The van der Waals surface area contributed by atoms with Gasteiger partial charge >= 0.3 is 0 Å². The Bertz CT molecular complexity index is 312. The zero-order valence-corrected chi connectivity index (χ0v) is 7.19. The molecule has 0 bridgehead atoms. The summed E-state index contributed by atoms with van der Waals surface area (Å²) in [6, 6.07) is 4.56. The van der Waals surface area contributed by atoms with E-state index in [1.54, 1.807) is 6.07 Å². The van der Waals surface area contributed by atoms with Crippen LogP contribution in [0.15, 0.2) is 18.2 Å². The van der Waals surface area contributed by atoms with Crippen molar-refractivity contribution in [3.8, 4) is 0 Å². The number of aryl methyl sites for hydroxylation is 1. The van der Waals surface area contributed by atoms with Crippen LogP contribution >= 0.6 is 0 Å². The van der Waals surface area contributed by atoms with E-state index in [4.69, 9.17) is 0 Å². The van der Waals surface area contributed by atoms with Gasteiger partial charge in [-0.15, -0.1) is 0 Å². The fourth-order valence-electron chi connectivity index (χ4n) is 1.57. The number of rotatable bonds is 0.